The van der Waals surface area contributed by atoms with Gasteiger partial charge in [0.1, 0.15) is 23.5 Å². The summed E-state index contributed by atoms with van der Waals surface area (Å²) < 4.78 is 74.2. The minimum atomic E-state index is -4.50. The van der Waals surface area contributed by atoms with Crippen LogP contribution in [-0.2, 0) is 6.54 Å². The first-order valence-electron chi connectivity index (χ1n) is 10.1. The molecule has 1 aromatic carbocycles. The molecule has 0 amide bonds. The molecule has 0 saturated heterocycles. The van der Waals surface area contributed by atoms with Crippen LogP contribution in [0.25, 0.3) is 22.9 Å². The fraction of sp³-hybridized carbons (Fsp3) is 0.273. The molecule has 7 nitrogen and oxygen atoms in total. The van der Waals surface area contributed by atoms with Gasteiger partial charge in [0.05, 0.1) is 23.9 Å². The van der Waals surface area contributed by atoms with E-state index in [1.165, 1.54) is 17.0 Å². The summed E-state index contributed by atoms with van der Waals surface area (Å²) in [6.07, 6.45) is -2.30. The molecule has 1 N–H and O–H groups in total. The van der Waals surface area contributed by atoms with Crippen LogP contribution in [-0.4, -0.2) is 37.6 Å². The lowest BCUT2D eigenvalue weighted by Crippen LogP contribution is -2.38. The van der Waals surface area contributed by atoms with Gasteiger partial charge in [-0.3, -0.25) is 4.68 Å². The van der Waals surface area contributed by atoms with Crippen molar-refractivity contribution < 1.29 is 26.5 Å². The second-order valence-corrected chi connectivity index (χ2v) is 8.17. The molecule has 4 rings (SSSR count). The minimum absolute atomic E-state index is 0.0363. The Hall–Kier alpha value is -3.83. The number of nitrogens with zero attached hydrogens (tertiary/aromatic N) is 5. The Kier molecular flexibility index (Phi) is 6.07. The van der Waals surface area contributed by atoms with Crippen molar-refractivity contribution in [2.75, 3.05) is 11.9 Å². The average Bonchev–Trinajstić information content (AvgIpc) is 3.44. The lowest BCUT2D eigenvalue weighted by molar-refractivity contribution is -0.206. The molecule has 0 bridgehead atoms. The van der Waals surface area contributed by atoms with E-state index in [0.29, 0.717) is 17.0 Å². The van der Waals surface area contributed by atoms with Gasteiger partial charge in [-0.05, 0) is 26.0 Å². The first-order chi connectivity index (χ1) is 16.0. The summed E-state index contributed by atoms with van der Waals surface area (Å²) in [4.78, 5) is 7.95. The molecule has 0 aliphatic rings. The van der Waals surface area contributed by atoms with Gasteiger partial charge in [-0.15, -0.1) is 0 Å². The third-order valence-corrected chi connectivity index (χ3v) is 5.20. The molecule has 12 heteroatoms. The highest BCUT2D eigenvalue weighted by Crippen LogP contribution is 2.37. The molecule has 0 fully saturated rings. The van der Waals surface area contributed by atoms with Crippen LogP contribution < -0.4 is 5.32 Å². The van der Waals surface area contributed by atoms with Crippen molar-refractivity contribution in [3.8, 4) is 22.9 Å². The van der Waals surface area contributed by atoms with E-state index in [2.05, 4.69) is 25.5 Å². The number of alkyl halides is 3. The Labute approximate surface area is 190 Å². The number of anilines is 1. The Bertz CT molecular complexity index is 1280. The minimum Gasteiger partial charge on any atom is -0.367 e. The molecule has 0 radical (unpaired) electrons. The van der Waals surface area contributed by atoms with Gasteiger partial charge in [0.2, 0.25) is 0 Å². The van der Waals surface area contributed by atoms with Crippen molar-refractivity contribution in [1.29, 1.82) is 0 Å². The summed E-state index contributed by atoms with van der Waals surface area (Å²) in [6, 6.07) is 9.29. The molecular formula is C22H19F5N6O. The molecule has 0 aliphatic heterocycles. The van der Waals surface area contributed by atoms with Crippen molar-refractivity contribution in [1.82, 2.24) is 24.9 Å². The number of benzene rings is 1. The maximum atomic E-state index is 14.2. The predicted molar refractivity (Wildman–Crippen MR) is 113 cm³/mol. The number of rotatable bonds is 7. The Morgan fingerprint density at radius 1 is 1.03 bits per heavy atom. The third kappa shape index (κ3) is 4.75. The highest BCUT2D eigenvalue weighted by atomic mass is 19.4. The van der Waals surface area contributed by atoms with E-state index in [-0.39, 0.29) is 18.1 Å². The van der Waals surface area contributed by atoms with E-state index < -0.39 is 35.6 Å². The summed E-state index contributed by atoms with van der Waals surface area (Å²) in [6.45, 7) is 1.43. The highest BCUT2D eigenvalue weighted by Gasteiger charge is 2.47. The SMILES string of the molecule is CC(C)(CNc1nc(-c2cc(-c3ccon3)n(Cc3ccccc3F)n2)ncc1F)C(F)(F)F. The number of aromatic nitrogens is 5. The van der Waals surface area contributed by atoms with E-state index >= 15 is 0 Å². The zero-order valence-corrected chi connectivity index (χ0v) is 18.1. The molecule has 3 heterocycles. The second-order valence-electron chi connectivity index (χ2n) is 8.17. The quantitative estimate of drug-likeness (QED) is 0.362. The Balaban J connectivity index is 1.68. The summed E-state index contributed by atoms with van der Waals surface area (Å²) >= 11 is 0. The van der Waals surface area contributed by atoms with Crippen molar-refractivity contribution in [2.24, 2.45) is 5.41 Å². The predicted octanol–water partition coefficient (Wildman–Crippen LogP) is 5.32. The normalized spacial score (nSPS) is 12.2. The summed E-state index contributed by atoms with van der Waals surface area (Å²) in [5, 5.41) is 10.7. The summed E-state index contributed by atoms with van der Waals surface area (Å²) in [5.74, 6) is -1.77. The van der Waals surface area contributed by atoms with Crippen LogP contribution in [0.2, 0.25) is 0 Å². The van der Waals surface area contributed by atoms with Crippen LogP contribution in [0.5, 0.6) is 0 Å². The average molecular weight is 478 g/mol. The highest BCUT2D eigenvalue weighted by molar-refractivity contribution is 5.63. The van der Waals surface area contributed by atoms with Crippen LogP contribution in [0.15, 0.2) is 53.4 Å². The van der Waals surface area contributed by atoms with Gasteiger partial charge >= 0.3 is 6.18 Å². The van der Waals surface area contributed by atoms with Crippen LogP contribution in [0.4, 0.5) is 27.8 Å². The monoisotopic (exact) mass is 478 g/mol. The maximum Gasteiger partial charge on any atom is 0.395 e. The molecule has 0 spiro atoms. The summed E-state index contributed by atoms with van der Waals surface area (Å²) in [7, 11) is 0. The van der Waals surface area contributed by atoms with E-state index in [4.69, 9.17) is 4.52 Å². The van der Waals surface area contributed by atoms with E-state index in [1.54, 1.807) is 30.3 Å². The standard InChI is InChI=1S/C22H19F5N6O/c1-21(2,22(25,26)27)12-29-19-15(24)10-28-20(30-19)17-9-18(16-7-8-34-32-16)33(31-17)11-13-5-3-4-6-14(13)23/h3-10H,11-12H2,1-2H3,(H,28,29,30). The topological polar surface area (TPSA) is 81.7 Å². The Morgan fingerprint density at radius 2 is 1.79 bits per heavy atom. The number of halogens is 5. The third-order valence-electron chi connectivity index (χ3n) is 5.20. The summed E-state index contributed by atoms with van der Waals surface area (Å²) in [5.41, 5.74) is -0.715. The van der Waals surface area contributed by atoms with Gasteiger partial charge in [-0.1, -0.05) is 23.4 Å². The lowest BCUT2D eigenvalue weighted by Gasteiger charge is -2.28. The molecule has 3 aromatic heterocycles. The molecule has 0 saturated carbocycles. The van der Waals surface area contributed by atoms with E-state index in [0.717, 1.165) is 20.0 Å². The molecule has 34 heavy (non-hydrogen) atoms. The van der Waals surface area contributed by atoms with Crippen LogP contribution in [0.3, 0.4) is 0 Å². The number of hydrogen-bond donors (Lipinski definition) is 1. The fourth-order valence-electron chi connectivity index (χ4n) is 3.00. The first-order valence-corrected chi connectivity index (χ1v) is 10.1. The fourth-order valence-corrected chi connectivity index (χ4v) is 3.00. The molecule has 4 aromatic rings. The zero-order valence-electron chi connectivity index (χ0n) is 18.1. The van der Waals surface area contributed by atoms with E-state index in [9.17, 15) is 22.0 Å². The van der Waals surface area contributed by atoms with Gasteiger partial charge in [0, 0.05) is 18.2 Å². The molecular weight excluding hydrogens is 459 g/mol. The van der Waals surface area contributed by atoms with Gasteiger partial charge in [-0.25, -0.2) is 18.7 Å². The van der Waals surface area contributed by atoms with Gasteiger partial charge < -0.3 is 9.84 Å². The number of nitrogens with one attached hydrogen (secondary N) is 1. The maximum absolute atomic E-state index is 14.2. The van der Waals surface area contributed by atoms with Crippen molar-refractivity contribution in [3.05, 3.63) is 66.1 Å². The second kappa shape index (κ2) is 8.84. The van der Waals surface area contributed by atoms with Gasteiger partial charge in [0.25, 0.3) is 0 Å². The van der Waals surface area contributed by atoms with Crippen molar-refractivity contribution in [2.45, 2.75) is 26.6 Å². The largest absolute Gasteiger partial charge is 0.395 e. The molecule has 0 aliphatic carbocycles. The van der Waals surface area contributed by atoms with Crippen LogP contribution in [0, 0.1) is 17.0 Å². The molecule has 0 atom stereocenters. The zero-order chi connectivity index (χ0) is 24.5. The van der Waals surface area contributed by atoms with E-state index in [1.807, 2.05) is 0 Å². The molecule has 0 unspecified atom stereocenters. The van der Waals surface area contributed by atoms with Gasteiger partial charge in [-0.2, -0.15) is 18.3 Å². The smallest absolute Gasteiger partial charge is 0.367 e. The lowest BCUT2D eigenvalue weighted by atomic mass is 9.93. The Morgan fingerprint density at radius 3 is 2.47 bits per heavy atom. The van der Waals surface area contributed by atoms with Crippen LogP contribution >= 0.6 is 0 Å². The van der Waals surface area contributed by atoms with Crippen molar-refractivity contribution >= 4 is 5.82 Å². The first kappa shape index (κ1) is 23.3. The van der Waals surface area contributed by atoms with Gasteiger partial charge in [0.15, 0.2) is 17.5 Å². The number of hydrogen-bond acceptors (Lipinski definition) is 6. The molecule has 178 valence electrons. The van der Waals surface area contributed by atoms with Crippen molar-refractivity contribution in [3.63, 3.8) is 0 Å². The van der Waals surface area contributed by atoms with Crippen LogP contribution in [0.1, 0.15) is 19.4 Å².